The van der Waals surface area contributed by atoms with Gasteiger partial charge >= 0.3 is 0 Å². The lowest BCUT2D eigenvalue weighted by molar-refractivity contribution is 0.0710. The molecule has 2 aliphatic heterocycles. The van der Waals surface area contributed by atoms with Crippen LogP contribution in [-0.4, -0.2) is 61.3 Å². The molecule has 1 saturated heterocycles. The van der Waals surface area contributed by atoms with Crippen LogP contribution in [0.5, 0.6) is 0 Å². The Bertz CT molecular complexity index is 1400. The van der Waals surface area contributed by atoms with E-state index in [-0.39, 0.29) is 17.7 Å². The highest BCUT2D eigenvalue weighted by atomic mass is 32.1. The number of imidazole rings is 1. The second-order valence-corrected chi connectivity index (χ2v) is 10.1. The Kier molecular flexibility index (Phi) is 5.17. The van der Waals surface area contributed by atoms with Gasteiger partial charge in [0.1, 0.15) is 5.82 Å². The lowest BCUT2D eigenvalue weighted by atomic mass is 9.95. The van der Waals surface area contributed by atoms with Gasteiger partial charge in [-0.25, -0.2) is 9.67 Å². The number of rotatable bonds is 3. The van der Waals surface area contributed by atoms with Crippen LogP contribution >= 0.6 is 11.3 Å². The SMILES string of the molecule is Cc1nc2ccc(-n3cc(C4CCCN(C(=O)c5cc6c(s5)CCCNC6=O)C4)nn3)cc2[nH]1. The number of carbonyl (C=O) groups excluding carboxylic acids is 2. The number of amides is 2. The van der Waals surface area contributed by atoms with E-state index in [0.717, 1.165) is 58.8 Å². The Hall–Kier alpha value is -3.53. The number of piperidine rings is 1. The fraction of sp³-hybridized carbons (Fsp3) is 0.375. The molecular formula is C24H25N7O2S. The Morgan fingerprint density at radius 3 is 3.06 bits per heavy atom. The molecule has 10 heteroatoms. The van der Waals surface area contributed by atoms with Crippen molar-refractivity contribution in [3.63, 3.8) is 0 Å². The Labute approximate surface area is 200 Å². The monoisotopic (exact) mass is 475 g/mol. The van der Waals surface area contributed by atoms with Gasteiger partial charge in [-0.3, -0.25) is 9.59 Å². The van der Waals surface area contributed by atoms with Gasteiger partial charge in [0.05, 0.1) is 39.1 Å². The van der Waals surface area contributed by atoms with E-state index in [1.54, 1.807) is 10.7 Å². The van der Waals surface area contributed by atoms with E-state index in [2.05, 4.69) is 25.6 Å². The molecule has 5 heterocycles. The Balaban J connectivity index is 1.20. The van der Waals surface area contributed by atoms with Gasteiger partial charge in [0.25, 0.3) is 11.8 Å². The van der Waals surface area contributed by atoms with Gasteiger partial charge in [0.15, 0.2) is 0 Å². The summed E-state index contributed by atoms with van der Waals surface area (Å²) in [6.07, 6.45) is 5.57. The maximum atomic E-state index is 13.3. The molecule has 3 aromatic heterocycles. The summed E-state index contributed by atoms with van der Waals surface area (Å²) in [5.74, 6) is 0.939. The van der Waals surface area contributed by atoms with Crippen LogP contribution in [0.25, 0.3) is 16.7 Å². The summed E-state index contributed by atoms with van der Waals surface area (Å²) < 4.78 is 1.78. The van der Waals surface area contributed by atoms with Gasteiger partial charge in [0.2, 0.25) is 0 Å². The largest absolute Gasteiger partial charge is 0.352 e. The number of hydrogen-bond acceptors (Lipinski definition) is 6. The molecule has 1 unspecified atom stereocenters. The molecule has 1 aromatic carbocycles. The van der Waals surface area contributed by atoms with Crippen molar-refractivity contribution in [3.8, 4) is 5.69 Å². The highest BCUT2D eigenvalue weighted by molar-refractivity contribution is 7.14. The topological polar surface area (TPSA) is 109 Å². The maximum Gasteiger partial charge on any atom is 0.263 e. The molecular weight excluding hydrogens is 450 g/mol. The fourth-order valence-electron chi connectivity index (χ4n) is 4.87. The number of nitrogens with one attached hydrogen (secondary N) is 2. The van der Waals surface area contributed by atoms with Crippen molar-refractivity contribution >= 4 is 34.2 Å². The van der Waals surface area contributed by atoms with Crippen LogP contribution in [0.3, 0.4) is 0 Å². The highest BCUT2D eigenvalue weighted by Gasteiger charge is 2.30. The first-order chi connectivity index (χ1) is 16.5. The van der Waals surface area contributed by atoms with Gasteiger partial charge in [0, 0.05) is 30.4 Å². The second kappa shape index (κ2) is 8.35. The summed E-state index contributed by atoms with van der Waals surface area (Å²) in [7, 11) is 0. The summed E-state index contributed by atoms with van der Waals surface area (Å²) in [6.45, 7) is 3.94. The van der Waals surface area contributed by atoms with E-state index in [1.807, 2.05) is 36.2 Å². The standard InChI is InChI=1S/C24H25N7O2S/c1-14-26-18-7-6-16(10-19(18)27-14)31-13-20(28-29-31)15-4-3-9-30(12-15)24(33)22-11-17-21(34-22)5-2-8-25-23(17)32/h6-7,10-11,13,15H,2-5,8-9,12H2,1H3,(H,25,32)(H,26,27). The minimum absolute atomic E-state index is 0.00281. The number of benzene rings is 1. The molecule has 2 amide bonds. The van der Waals surface area contributed by atoms with Crippen molar-refractivity contribution in [1.82, 2.24) is 35.2 Å². The number of hydrogen-bond donors (Lipinski definition) is 2. The van der Waals surface area contributed by atoms with E-state index in [4.69, 9.17) is 0 Å². The average Bonchev–Trinajstić information content (AvgIpc) is 3.56. The maximum absolute atomic E-state index is 13.3. The van der Waals surface area contributed by atoms with Gasteiger partial charge in [-0.2, -0.15) is 0 Å². The van der Waals surface area contributed by atoms with E-state index in [9.17, 15) is 9.59 Å². The second-order valence-electron chi connectivity index (χ2n) is 9.01. The summed E-state index contributed by atoms with van der Waals surface area (Å²) in [5.41, 5.74) is 4.35. The average molecular weight is 476 g/mol. The Morgan fingerprint density at radius 1 is 1.24 bits per heavy atom. The molecule has 2 aliphatic rings. The van der Waals surface area contributed by atoms with E-state index >= 15 is 0 Å². The van der Waals surface area contributed by atoms with Gasteiger partial charge < -0.3 is 15.2 Å². The number of likely N-dealkylation sites (tertiary alicyclic amines) is 1. The van der Waals surface area contributed by atoms with Crippen LogP contribution in [0, 0.1) is 6.92 Å². The number of aromatic nitrogens is 5. The third kappa shape index (κ3) is 3.77. The van der Waals surface area contributed by atoms with Gasteiger partial charge in [-0.1, -0.05) is 5.21 Å². The molecule has 0 spiro atoms. The number of H-pyrrole nitrogens is 1. The molecule has 0 bridgehead atoms. The smallest absolute Gasteiger partial charge is 0.263 e. The third-order valence-corrected chi connectivity index (χ3v) is 7.80. The number of aryl methyl sites for hydroxylation is 2. The zero-order valence-electron chi connectivity index (χ0n) is 18.9. The number of fused-ring (bicyclic) bond motifs is 2. The summed E-state index contributed by atoms with van der Waals surface area (Å²) in [6, 6.07) is 7.74. The van der Waals surface area contributed by atoms with Crippen LogP contribution in [0.4, 0.5) is 0 Å². The van der Waals surface area contributed by atoms with Gasteiger partial charge in [-0.15, -0.1) is 16.4 Å². The minimum atomic E-state index is -0.0700. The third-order valence-electron chi connectivity index (χ3n) is 6.62. The van der Waals surface area contributed by atoms with Crippen molar-refractivity contribution in [2.45, 2.75) is 38.5 Å². The lowest BCUT2D eigenvalue weighted by Crippen LogP contribution is -2.39. The zero-order chi connectivity index (χ0) is 23.2. The molecule has 34 heavy (non-hydrogen) atoms. The molecule has 1 fully saturated rings. The van der Waals surface area contributed by atoms with Gasteiger partial charge in [-0.05, 0) is 56.9 Å². The zero-order valence-corrected chi connectivity index (χ0v) is 19.7. The fourth-order valence-corrected chi connectivity index (χ4v) is 6.04. The van der Waals surface area contributed by atoms with Crippen LogP contribution in [0.15, 0.2) is 30.5 Å². The first-order valence-electron chi connectivity index (χ1n) is 11.6. The van der Waals surface area contributed by atoms with Crippen molar-refractivity contribution in [3.05, 3.63) is 57.3 Å². The van der Waals surface area contributed by atoms with Crippen LogP contribution in [0.1, 0.15) is 61.6 Å². The predicted molar refractivity (Wildman–Crippen MR) is 129 cm³/mol. The van der Waals surface area contributed by atoms with Crippen LogP contribution in [0.2, 0.25) is 0 Å². The molecule has 174 valence electrons. The van der Waals surface area contributed by atoms with E-state index in [0.29, 0.717) is 30.1 Å². The summed E-state index contributed by atoms with van der Waals surface area (Å²) in [4.78, 5) is 36.9. The first-order valence-corrected chi connectivity index (χ1v) is 12.5. The number of aromatic amines is 1. The molecule has 9 nitrogen and oxygen atoms in total. The molecule has 0 saturated carbocycles. The lowest BCUT2D eigenvalue weighted by Gasteiger charge is -2.31. The van der Waals surface area contributed by atoms with Crippen molar-refractivity contribution in [2.24, 2.45) is 0 Å². The minimum Gasteiger partial charge on any atom is -0.352 e. The number of thiophene rings is 1. The quantitative estimate of drug-likeness (QED) is 0.473. The molecule has 0 radical (unpaired) electrons. The molecule has 4 aromatic rings. The van der Waals surface area contributed by atoms with Crippen LogP contribution in [-0.2, 0) is 6.42 Å². The summed E-state index contributed by atoms with van der Waals surface area (Å²) >= 11 is 1.46. The Morgan fingerprint density at radius 2 is 2.15 bits per heavy atom. The molecule has 2 N–H and O–H groups in total. The van der Waals surface area contributed by atoms with E-state index < -0.39 is 0 Å². The summed E-state index contributed by atoms with van der Waals surface area (Å²) in [5, 5.41) is 11.7. The van der Waals surface area contributed by atoms with Crippen molar-refractivity contribution in [1.29, 1.82) is 0 Å². The van der Waals surface area contributed by atoms with Crippen LogP contribution < -0.4 is 5.32 Å². The predicted octanol–water partition coefficient (Wildman–Crippen LogP) is 3.21. The molecule has 6 rings (SSSR count). The highest BCUT2D eigenvalue weighted by Crippen LogP contribution is 2.30. The normalized spacial score (nSPS) is 18.6. The first kappa shape index (κ1) is 21.0. The van der Waals surface area contributed by atoms with E-state index in [1.165, 1.54) is 11.3 Å². The number of nitrogens with zero attached hydrogens (tertiary/aromatic N) is 5. The van der Waals surface area contributed by atoms with Crippen molar-refractivity contribution < 1.29 is 9.59 Å². The number of carbonyl (C=O) groups is 2. The van der Waals surface area contributed by atoms with Crippen molar-refractivity contribution in [2.75, 3.05) is 19.6 Å². The molecule has 0 aliphatic carbocycles. The molecule has 1 atom stereocenters.